The molecular weight excluding hydrogens is 526 g/mol. The third kappa shape index (κ3) is 6.22. The lowest BCUT2D eigenvalue weighted by Crippen LogP contribution is -2.30. The molecule has 3 aromatic rings. The van der Waals surface area contributed by atoms with E-state index in [1.807, 2.05) is 4.90 Å². The van der Waals surface area contributed by atoms with E-state index in [9.17, 15) is 22.4 Å². The van der Waals surface area contributed by atoms with Gasteiger partial charge in [-0.1, -0.05) is 5.92 Å². The standard InChI is InChI=1S/C24H25F4N7O2S/c1-29-22(36)14-6-7-16(19(11-14)37-3)30-8-4-5-17-23(38-24(26,27)28)35-10-9-31-20(21(35)33-17)32-18-13-34(2)12-15(18)25/h6-7,9-11,15,18,30H,8,12-13H2,1-3H3,(H,29,36)(H,31,32)/t15-,18+/m0/s1. The summed E-state index contributed by atoms with van der Waals surface area (Å²) in [6.07, 6.45) is 1.53. The van der Waals surface area contributed by atoms with Crippen molar-refractivity contribution in [1.82, 2.24) is 24.6 Å². The van der Waals surface area contributed by atoms with E-state index >= 15 is 0 Å². The Morgan fingerprint density at radius 1 is 1.32 bits per heavy atom. The van der Waals surface area contributed by atoms with Crippen molar-refractivity contribution in [2.45, 2.75) is 22.7 Å². The van der Waals surface area contributed by atoms with Gasteiger partial charge in [0.2, 0.25) is 0 Å². The first-order valence-electron chi connectivity index (χ1n) is 11.4. The number of rotatable bonds is 7. The molecule has 4 rings (SSSR count). The van der Waals surface area contributed by atoms with Crippen molar-refractivity contribution in [1.29, 1.82) is 0 Å². The van der Waals surface area contributed by atoms with Crippen molar-refractivity contribution >= 4 is 34.8 Å². The van der Waals surface area contributed by atoms with E-state index < -0.39 is 17.7 Å². The number of methoxy groups -OCH3 is 1. The predicted molar refractivity (Wildman–Crippen MR) is 136 cm³/mol. The molecule has 38 heavy (non-hydrogen) atoms. The monoisotopic (exact) mass is 551 g/mol. The molecule has 2 atom stereocenters. The van der Waals surface area contributed by atoms with Crippen LogP contribution in [-0.4, -0.2) is 83.7 Å². The van der Waals surface area contributed by atoms with E-state index in [1.54, 1.807) is 25.2 Å². The molecule has 1 aromatic carbocycles. The average molecular weight is 552 g/mol. The molecule has 0 unspecified atom stereocenters. The lowest BCUT2D eigenvalue weighted by Gasteiger charge is -2.15. The van der Waals surface area contributed by atoms with Crippen LogP contribution in [0.15, 0.2) is 35.6 Å². The number of likely N-dealkylation sites (N-methyl/N-ethyl adjacent to an activating group) is 1. The van der Waals surface area contributed by atoms with Crippen LogP contribution in [0, 0.1) is 11.8 Å². The van der Waals surface area contributed by atoms with E-state index in [0.29, 0.717) is 23.5 Å². The van der Waals surface area contributed by atoms with Gasteiger partial charge >= 0.3 is 5.51 Å². The number of carbonyl (C=O) groups excluding carboxylic acids is 1. The average Bonchev–Trinajstić information content (AvgIpc) is 3.38. The fraction of sp³-hybridized carbons (Fsp3) is 0.375. The number of hydrogen-bond donors (Lipinski definition) is 3. The second kappa shape index (κ2) is 11.4. The van der Waals surface area contributed by atoms with Crippen LogP contribution in [0.3, 0.4) is 0 Å². The quantitative estimate of drug-likeness (QED) is 0.234. The third-order valence-corrected chi connectivity index (χ3v) is 6.54. The fourth-order valence-electron chi connectivity index (χ4n) is 4.00. The maximum Gasteiger partial charge on any atom is 0.447 e. The second-order valence-electron chi connectivity index (χ2n) is 8.42. The minimum atomic E-state index is -4.58. The number of nitrogens with zero attached hydrogens (tertiary/aromatic N) is 4. The summed E-state index contributed by atoms with van der Waals surface area (Å²) in [7, 11) is 4.75. The third-order valence-electron chi connectivity index (χ3n) is 5.73. The molecule has 1 saturated heterocycles. The molecule has 1 aliphatic heterocycles. The lowest BCUT2D eigenvalue weighted by atomic mass is 10.1. The van der Waals surface area contributed by atoms with Crippen LogP contribution < -0.4 is 20.7 Å². The fourth-order valence-corrected chi connectivity index (χ4v) is 4.66. The minimum absolute atomic E-state index is 0.0565. The molecule has 0 spiro atoms. The molecular formula is C24H25F4N7O2S. The molecule has 0 saturated carbocycles. The SMILES string of the molecule is CNC(=O)c1ccc(NCC#Cc2nc3c(N[C@@H]4CN(C)C[C@@H]4F)nccn3c2SC(F)(F)F)c(OC)c1. The van der Waals surface area contributed by atoms with Gasteiger partial charge in [-0.3, -0.25) is 9.20 Å². The van der Waals surface area contributed by atoms with E-state index in [-0.39, 0.29) is 52.9 Å². The number of alkyl halides is 4. The number of imidazole rings is 1. The van der Waals surface area contributed by atoms with Crippen molar-refractivity contribution in [3.63, 3.8) is 0 Å². The Bertz CT molecular complexity index is 1390. The highest BCUT2D eigenvalue weighted by atomic mass is 32.2. The Hall–Kier alpha value is -3.70. The number of carbonyl (C=O) groups is 1. The molecule has 2 aromatic heterocycles. The summed E-state index contributed by atoms with van der Waals surface area (Å²) in [5.74, 6) is 5.78. The Morgan fingerprint density at radius 3 is 2.76 bits per heavy atom. The number of nitrogens with one attached hydrogen (secondary N) is 3. The molecule has 202 valence electrons. The number of aromatic nitrogens is 3. The van der Waals surface area contributed by atoms with Crippen molar-refractivity contribution in [3.8, 4) is 17.6 Å². The number of amides is 1. The van der Waals surface area contributed by atoms with Crippen molar-refractivity contribution < 1.29 is 27.1 Å². The van der Waals surface area contributed by atoms with Crippen LogP contribution in [-0.2, 0) is 0 Å². The number of benzene rings is 1. The molecule has 0 bridgehead atoms. The van der Waals surface area contributed by atoms with E-state index in [4.69, 9.17) is 4.74 Å². The number of likely N-dealkylation sites (tertiary alicyclic amines) is 1. The molecule has 3 N–H and O–H groups in total. The summed E-state index contributed by atoms with van der Waals surface area (Å²) in [6.45, 7) is 0.717. The van der Waals surface area contributed by atoms with Crippen molar-refractivity contribution in [2.75, 3.05) is 51.5 Å². The molecule has 1 fully saturated rings. The van der Waals surface area contributed by atoms with Crippen molar-refractivity contribution in [3.05, 3.63) is 41.9 Å². The maximum absolute atomic E-state index is 14.3. The Kier molecular flexibility index (Phi) is 8.17. The van der Waals surface area contributed by atoms with Gasteiger partial charge < -0.3 is 25.6 Å². The van der Waals surface area contributed by atoms with Crippen LogP contribution in [0.1, 0.15) is 16.1 Å². The number of halogens is 4. The highest BCUT2D eigenvalue weighted by Gasteiger charge is 2.34. The number of ether oxygens (including phenoxy) is 1. The molecule has 9 nitrogen and oxygen atoms in total. The maximum atomic E-state index is 14.3. The van der Waals surface area contributed by atoms with E-state index in [1.165, 1.54) is 31.0 Å². The van der Waals surface area contributed by atoms with Crippen LogP contribution in [0.4, 0.5) is 29.1 Å². The van der Waals surface area contributed by atoms with Crippen LogP contribution >= 0.6 is 11.8 Å². The Labute approximate surface area is 220 Å². The predicted octanol–water partition coefficient (Wildman–Crippen LogP) is 3.24. The number of thioether (sulfide) groups is 1. The minimum Gasteiger partial charge on any atom is -0.495 e. The van der Waals surface area contributed by atoms with Crippen LogP contribution in [0.2, 0.25) is 0 Å². The van der Waals surface area contributed by atoms with Crippen molar-refractivity contribution in [2.24, 2.45) is 0 Å². The van der Waals surface area contributed by atoms with Gasteiger partial charge in [-0.2, -0.15) is 13.2 Å². The van der Waals surface area contributed by atoms with Gasteiger partial charge in [-0.05, 0) is 31.2 Å². The molecule has 0 aliphatic carbocycles. The largest absolute Gasteiger partial charge is 0.495 e. The first-order valence-corrected chi connectivity index (χ1v) is 12.3. The molecule has 3 heterocycles. The van der Waals surface area contributed by atoms with E-state index in [0.717, 1.165) is 0 Å². The first kappa shape index (κ1) is 27.3. The smallest absolute Gasteiger partial charge is 0.447 e. The summed E-state index contributed by atoms with van der Waals surface area (Å²) < 4.78 is 61.1. The topological polar surface area (TPSA) is 95.8 Å². The van der Waals surface area contributed by atoms with Crippen LogP contribution in [0.5, 0.6) is 5.75 Å². The summed E-state index contributed by atoms with van der Waals surface area (Å²) in [4.78, 5) is 22.1. The lowest BCUT2D eigenvalue weighted by molar-refractivity contribution is -0.0330. The van der Waals surface area contributed by atoms with E-state index in [2.05, 4.69) is 37.8 Å². The van der Waals surface area contributed by atoms with Gasteiger partial charge in [-0.25, -0.2) is 14.4 Å². The highest BCUT2D eigenvalue weighted by molar-refractivity contribution is 8.00. The van der Waals surface area contributed by atoms with Gasteiger partial charge in [0, 0.05) is 49.9 Å². The normalized spacial score (nSPS) is 17.7. The summed E-state index contributed by atoms with van der Waals surface area (Å²) in [6, 6.07) is 4.23. The summed E-state index contributed by atoms with van der Waals surface area (Å²) in [5, 5.41) is 8.31. The molecule has 1 amide bonds. The van der Waals surface area contributed by atoms with Gasteiger partial charge in [0.05, 0.1) is 25.4 Å². The first-order chi connectivity index (χ1) is 18.1. The molecule has 0 radical (unpaired) electrons. The van der Waals surface area contributed by atoms with Gasteiger partial charge in [0.25, 0.3) is 5.91 Å². The highest BCUT2D eigenvalue weighted by Crippen LogP contribution is 2.39. The van der Waals surface area contributed by atoms with Gasteiger partial charge in [0.1, 0.15) is 22.6 Å². The zero-order valence-electron chi connectivity index (χ0n) is 20.7. The van der Waals surface area contributed by atoms with Gasteiger partial charge in [-0.15, -0.1) is 0 Å². The Morgan fingerprint density at radius 2 is 2.11 bits per heavy atom. The zero-order valence-corrected chi connectivity index (χ0v) is 21.5. The number of anilines is 2. The second-order valence-corrected chi connectivity index (χ2v) is 9.47. The summed E-state index contributed by atoms with van der Waals surface area (Å²) >= 11 is -0.335. The Balaban J connectivity index is 1.60. The molecule has 14 heteroatoms. The van der Waals surface area contributed by atoms with Gasteiger partial charge in [0.15, 0.2) is 11.5 Å². The zero-order chi connectivity index (χ0) is 27.4. The summed E-state index contributed by atoms with van der Waals surface area (Å²) in [5.41, 5.74) is -3.61. The number of fused-ring (bicyclic) bond motifs is 1. The molecule has 1 aliphatic rings. The number of hydrogen-bond acceptors (Lipinski definition) is 8. The van der Waals surface area contributed by atoms with Crippen LogP contribution in [0.25, 0.3) is 5.65 Å².